The summed E-state index contributed by atoms with van der Waals surface area (Å²) >= 11 is 0. The topological polar surface area (TPSA) is 26.3 Å². The summed E-state index contributed by atoms with van der Waals surface area (Å²) < 4.78 is 5.15. The Kier molecular flexibility index (Phi) is 2.53. The molecule has 1 fully saturated rings. The molecule has 0 unspecified atom stereocenters. The predicted molar refractivity (Wildman–Crippen MR) is 63.2 cm³/mol. The molecule has 1 saturated carbocycles. The first kappa shape index (κ1) is 11.2. The molecule has 2 atom stereocenters. The number of esters is 1. The normalized spacial score (nSPS) is 32.2. The zero-order chi connectivity index (χ0) is 11.8. The van der Waals surface area contributed by atoms with Gasteiger partial charge in [0.25, 0.3) is 0 Å². The molecule has 0 amide bonds. The Morgan fingerprint density at radius 3 is 2.50 bits per heavy atom. The summed E-state index contributed by atoms with van der Waals surface area (Å²) in [5.41, 5.74) is 0.829. The average Bonchev–Trinajstić information content (AvgIpc) is 2.87. The van der Waals surface area contributed by atoms with Crippen LogP contribution in [-0.2, 0) is 14.9 Å². The number of hydrogen-bond acceptors (Lipinski definition) is 2. The maximum atomic E-state index is 11.9. The number of benzene rings is 1. The Hall–Kier alpha value is -1.31. The third-order valence-electron chi connectivity index (χ3n) is 3.94. The Bertz CT molecular complexity index is 398. The number of hydrogen-bond donors (Lipinski definition) is 0. The lowest BCUT2D eigenvalue weighted by Gasteiger charge is -2.17. The van der Waals surface area contributed by atoms with Crippen molar-refractivity contribution in [2.24, 2.45) is 5.41 Å². The maximum absolute atomic E-state index is 11.9. The summed E-state index contributed by atoms with van der Waals surface area (Å²) in [4.78, 5) is 11.9. The molecule has 16 heavy (non-hydrogen) atoms. The summed E-state index contributed by atoms with van der Waals surface area (Å²) in [7, 11) is 0. The highest BCUT2D eigenvalue weighted by Gasteiger charge is 2.67. The van der Waals surface area contributed by atoms with Crippen LogP contribution >= 0.6 is 0 Å². The molecule has 2 nitrogen and oxygen atoms in total. The van der Waals surface area contributed by atoms with Crippen LogP contribution in [0.15, 0.2) is 30.3 Å². The van der Waals surface area contributed by atoms with Gasteiger partial charge >= 0.3 is 5.97 Å². The second kappa shape index (κ2) is 3.62. The van der Waals surface area contributed by atoms with Gasteiger partial charge in [-0.3, -0.25) is 4.79 Å². The molecule has 1 aliphatic rings. The Morgan fingerprint density at radius 1 is 1.31 bits per heavy atom. The van der Waals surface area contributed by atoms with Crippen molar-refractivity contribution in [3.63, 3.8) is 0 Å². The van der Waals surface area contributed by atoms with E-state index in [0.29, 0.717) is 6.61 Å². The van der Waals surface area contributed by atoms with Crippen LogP contribution in [0.4, 0.5) is 0 Å². The maximum Gasteiger partial charge on any atom is 0.312 e. The highest BCUT2D eigenvalue weighted by molar-refractivity contribution is 5.83. The lowest BCUT2D eigenvalue weighted by atomic mass is 9.89. The summed E-state index contributed by atoms with van der Waals surface area (Å²) in [6, 6.07) is 10.2. The Balaban J connectivity index is 2.23. The van der Waals surface area contributed by atoms with Crippen LogP contribution in [0.25, 0.3) is 0 Å². The largest absolute Gasteiger partial charge is 0.466 e. The number of carbonyl (C=O) groups is 1. The molecule has 1 aliphatic carbocycles. The van der Waals surface area contributed by atoms with Gasteiger partial charge in [-0.25, -0.2) is 0 Å². The van der Waals surface area contributed by atoms with Gasteiger partial charge in [0.05, 0.1) is 12.0 Å². The van der Waals surface area contributed by atoms with E-state index in [2.05, 4.69) is 19.1 Å². The van der Waals surface area contributed by atoms with E-state index in [9.17, 15) is 4.79 Å². The average molecular weight is 218 g/mol. The van der Waals surface area contributed by atoms with Gasteiger partial charge in [0.1, 0.15) is 0 Å². The molecule has 0 aliphatic heterocycles. The van der Waals surface area contributed by atoms with Crippen LogP contribution in [0, 0.1) is 5.41 Å². The Labute approximate surface area is 96.6 Å². The molecule has 0 heterocycles. The molecule has 0 aromatic heterocycles. The standard InChI is InChI=1S/C14H18O2/c1-4-16-12(15)14(3)10-13(14,2)11-8-6-5-7-9-11/h5-9H,4,10H2,1-3H3/t13-,14-/m1/s1. The molecular weight excluding hydrogens is 200 g/mol. The van der Waals surface area contributed by atoms with E-state index < -0.39 is 0 Å². The van der Waals surface area contributed by atoms with Crippen molar-refractivity contribution >= 4 is 5.97 Å². The fourth-order valence-corrected chi connectivity index (χ4v) is 2.48. The van der Waals surface area contributed by atoms with Crippen molar-refractivity contribution in [2.75, 3.05) is 6.61 Å². The van der Waals surface area contributed by atoms with Gasteiger partial charge < -0.3 is 4.74 Å². The van der Waals surface area contributed by atoms with Crippen LogP contribution in [0.2, 0.25) is 0 Å². The van der Waals surface area contributed by atoms with Gasteiger partial charge in [-0.2, -0.15) is 0 Å². The van der Waals surface area contributed by atoms with Crippen molar-refractivity contribution in [1.29, 1.82) is 0 Å². The smallest absolute Gasteiger partial charge is 0.312 e. The summed E-state index contributed by atoms with van der Waals surface area (Å²) in [6.07, 6.45) is 0.878. The van der Waals surface area contributed by atoms with Crippen LogP contribution in [0.1, 0.15) is 32.8 Å². The third-order valence-corrected chi connectivity index (χ3v) is 3.94. The monoisotopic (exact) mass is 218 g/mol. The van der Waals surface area contributed by atoms with Crippen molar-refractivity contribution in [3.8, 4) is 0 Å². The zero-order valence-electron chi connectivity index (χ0n) is 10.1. The van der Waals surface area contributed by atoms with Crippen molar-refractivity contribution < 1.29 is 9.53 Å². The first-order valence-corrected chi connectivity index (χ1v) is 5.77. The Morgan fingerprint density at radius 2 is 1.94 bits per heavy atom. The lowest BCUT2D eigenvalue weighted by Crippen LogP contribution is -2.24. The van der Waals surface area contributed by atoms with E-state index in [-0.39, 0.29) is 16.8 Å². The number of ether oxygens (including phenoxy) is 1. The molecule has 1 aromatic rings. The minimum Gasteiger partial charge on any atom is -0.466 e. The van der Waals surface area contributed by atoms with Crippen LogP contribution in [0.5, 0.6) is 0 Å². The molecule has 2 rings (SSSR count). The van der Waals surface area contributed by atoms with Crippen molar-refractivity contribution in [2.45, 2.75) is 32.6 Å². The van der Waals surface area contributed by atoms with Crippen LogP contribution < -0.4 is 0 Å². The minimum absolute atomic E-state index is 0.0550. The van der Waals surface area contributed by atoms with E-state index >= 15 is 0 Å². The molecule has 0 bridgehead atoms. The van der Waals surface area contributed by atoms with Gasteiger partial charge in [0, 0.05) is 5.41 Å². The molecule has 0 spiro atoms. The number of carbonyl (C=O) groups excluding carboxylic acids is 1. The van der Waals surface area contributed by atoms with E-state index in [1.54, 1.807) is 0 Å². The fourth-order valence-electron chi connectivity index (χ4n) is 2.48. The van der Waals surface area contributed by atoms with E-state index in [1.807, 2.05) is 32.0 Å². The van der Waals surface area contributed by atoms with Gasteiger partial charge in [0.2, 0.25) is 0 Å². The fraction of sp³-hybridized carbons (Fsp3) is 0.500. The van der Waals surface area contributed by atoms with Crippen molar-refractivity contribution in [3.05, 3.63) is 35.9 Å². The number of rotatable bonds is 3. The SMILES string of the molecule is CCOC(=O)[C@@]1(C)C[C@]1(C)c1ccccc1. The van der Waals surface area contributed by atoms with E-state index in [1.165, 1.54) is 5.56 Å². The minimum atomic E-state index is -0.343. The van der Waals surface area contributed by atoms with E-state index in [0.717, 1.165) is 6.42 Å². The second-order valence-corrected chi connectivity index (χ2v) is 4.93. The lowest BCUT2D eigenvalue weighted by molar-refractivity contribution is -0.149. The van der Waals surface area contributed by atoms with Gasteiger partial charge in [-0.1, -0.05) is 37.3 Å². The summed E-state index contributed by atoms with van der Waals surface area (Å²) in [6.45, 7) is 6.44. The quantitative estimate of drug-likeness (QED) is 0.729. The van der Waals surface area contributed by atoms with Gasteiger partial charge in [-0.05, 0) is 25.8 Å². The molecule has 2 heteroatoms. The van der Waals surface area contributed by atoms with Gasteiger partial charge in [0.15, 0.2) is 0 Å². The third kappa shape index (κ3) is 1.44. The highest BCUT2D eigenvalue weighted by atomic mass is 16.5. The molecule has 1 aromatic carbocycles. The molecule has 0 saturated heterocycles. The van der Waals surface area contributed by atoms with Gasteiger partial charge in [-0.15, -0.1) is 0 Å². The zero-order valence-corrected chi connectivity index (χ0v) is 10.1. The molecule has 0 N–H and O–H groups in total. The van der Waals surface area contributed by atoms with Crippen LogP contribution in [-0.4, -0.2) is 12.6 Å². The molecule has 0 radical (unpaired) electrons. The van der Waals surface area contributed by atoms with Crippen molar-refractivity contribution in [1.82, 2.24) is 0 Å². The predicted octanol–water partition coefficient (Wildman–Crippen LogP) is 2.92. The highest BCUT2D eigenvalue weighted by Crippen LogP contribution is 2.64. The first-order chi connectivity index (χ1) is 7.54. The summed E-state index contributed by atoms with van der Waals surface area (Å²) in [5, 5.41) is 0. The van der Waals surface area contributed by atoms with E-state index in [4.69, 9.17) is 4.74 Å². The van der Waals surface area contributed by atoms with Crippen LogP contribution in [0.3, 0.4) is 0 Å². The summed E-state index contributed by atoms with van der Waals surface area (Å²) in [5.74, 6) is -0.0682. The molecular formula is C14H18O2. The first-order valence-electron chi connectivity index (χ1n) is 5.77. The second-order valence-electron chi connectivity index (χ2n) is 4.93. The molecule has 86 valence electrons.